The van der Waals surface area contributed by atoms with Crippen molar-refractivity contribution in [3.8, 4) is 0 Å². The highest BCUT2D eigenvalue weighted by Crippen LogP contribution is 2.71. The molecule has 0 amide bonds. The quantitative estimate of drug-likeness (QED) is 0.886. The van der Waals surface area contributed by atoms with E-state index in [0.29, 0.717) is 22.5 Å². The first kappa shape index (κ1) is 14.3. The van der Waals surface area contributed by atoms with Crippen molar-refractivity contribution in [3.05, 3.63) is 33.8 Å². The van der Waals surface area contributed by atoms with Gasteiger partial charge < -0.3 is 10.8 Å². The van der Waals surface area contributed by atoms with E-state index in [2.05, 4.69) is 0 Å². The summed E-state index contributed by atoms with van der Waals surface area (Å²) in [5.41, 5.74) is 6.90. The highest BCUT2D eigenvalue weighted by molar-refractivity contribution is 6.35. The van der Waals surface area contributed by atoms with Crippen LogP contribution in [0, 0.1) is 29.6 Å². The second-order valence-corrected chi connectivity index (χ2v) is 7.91. The molecule has 3 saturated carbocycles. The standard InChI is InChI=1S/C17H21Cl2NO/c18-10-3-4-11(13(19)6-10)12(7-20)17(21)16-14-8-1-2-9(5-8)15(14)16/h3-4,6,8-9,12,14-17,21H,1-2,5,7,20H2. The maximum absolute atomic E-state index is 10.9. The molecule has 3 fully saturated rings. The van der Waals surface area contributed by atoms with Crippen LogP contribution in [-0.4, -0.2) is 17.8 Å². The molecule has 1 aromatic carbocycles. The fraction of sp³-hybridized carbons (Fsp3) is 0.647. The molecule has 3 aliphatic rings. The minimum atomic E-state index is -0.368. The predicted octanol–water partition coefficient (Wildman–Crippen LogP) is 3.69. The van der Waals surface area contributed by atoms with Gasteiger partial charge in [-0.05, 0) is 66.5 Å². The van der Waals surface area contributed by atoms with Crippen LogP contribution in [0.5, 0.6) is 0 Å². The molecule has 2 bridgehead atoms. The number of hydrogen-bond donors (Lipinski definition) is 2. The summed E-state index contributed by atoms with van der Waals surface area (Å²) in [6, 6.07) is 5.49. The molecular formula is C17H21Cl2NO. The van der Waals surface area contributed by atoms with Crippen LogP contribution < -0.4 is 5.73 Å². The molecular weight excluding hydrogens is 305 g/mol. The van der Waals surface area contributed by atoms with Gasteiger partial charge >= 0.3 is 0 Å². The lowest BCUT2D eigenvalue weighted by Gasteiger charge is -2.25. The van der Waals surface area contributed by atoms with Crippen LogP contribution in [0.15, 0.2) is 18.2 Å². The molecule has 114 valence electrons. The van der Waals surface area contributed by atoms with Gasteiger partial charge in [0.05, 0.1) is 6.10 Å². The molecule has 0 radical (unpaired) electrons. The zero-order chi connectivity index (χ0) is 14.7. The van der Waals surface area contributed by atoms with Crippen molar-refractivity contribution >= 4 is 23.2 Å². The molecule has 3 aliphatic carbocycles. The molecule has 6 atom stereocenters. The summed E-state index contributed by atoms with van der Waals surface area (Å²) in [5, 5.41) is 12.1. The summed E-state index contributed by atoms with van der Waals surface area (Å²) in [7, 11) is 0. The van der Waals surface area contributed by atoms with Crippen LogP contribution in [-0.2, 0) is 0 Å². The van der Waals surface area contributed by atoms with Crippen LogP contribution in [0.25, 0.3) is 0 Å². The highest BCUT2D eigenvalue weighted by atomic mass is 35.5. The smallest absolute Gasteiger partial charge is 0.0655 e. The lowest BCUT2D eigenvalue weighted by molar-refractivity contribution is 0.102. The Morgan fingerprint density at radius 1 is 1.19 bits per heavy atom. The summed E-state index contributed by atoms with van der Waals surface area (Å²) in [6.45, 7) is 0.424. The summed E-state index contributed by atoms with van der Waals surface area (Å²) in [5.74, 6) is 3.58. The minimum Gasteiger partial charge on any atom is -0.392 e. The number of rotatable bonds is 4. The highest BCUT2D eigenvalue weighted by Gasteiger charge is 2.67. The number of nitrogens with two attached hydrogens (primary N) is 1. The molecule has 4 heteroatoms. The zero-order valence-corrected chi connectivity index (χ0v) is 13.4. The van der Waals surface area contributed by atoms with E-state index in [-0.39, 0.29) is 12.0 Å². The Kier molecular flexibility index (Phi) is 3.50. The lowest BCUT2D eigenvalue weighted by Crippen LogP contribution is -2.30. The normalized spacial score (nSPS) is 39.1. The van der Waals surface area contributed by atoms with E-state index in [1.54, 1.807) is 6.07 Å². The van der Waals surface area contributed by atoms with E-state index in [4.69, 9.17) is 28.9 Å². The average Bonchev–Trinajstić information content (AvgIpc) is 2.89. The van der Waals surface area contributed by atoms with Gasteiger partial charge in [0.15, 0.2) is 0 Å². The second-order valence-electron chi connectivity index (χ2n) is 7.06. The van der Waals surface area contributed by atoms with E-state index in [0.717, 1.165) is 29.2 Å². The van der Waals surface area contributed by atoms with Crippen molar-refractivity contribution in [3.63, 3.8) is 0 Å². The van der Waals surface area contributed by atoms with Crippen molar-refractivity contribution in [1.29, 1.82) is 0 Å². The zero-order valence-electron chi connectivity index (χ0n) is 11.9. The van der Waals surface area contributed by atoms with Crippen LogP contribution in [0.4, 0.5) is 0 Å². The largest absolute Gasteiger partial charge is 0.392 e. The van der Waals surface area contributed by atoms with E-state index >= 15 is 0 Å². The van der Waals surface area contributed by atoms with Gasteiger partial charge in [0.2, 0.25) is 0 Å². The maximum Gasteiger partial charge on any atom is 0.0655 e. The van der Waals surface area contributed by atoms with Gasteiger partial charge in [0.25, 0.3) is 0 Å². The van der Waals surface area contributed by atoms with Gasteiger partial charge in [-0.25, -0.2) is 0 Å². The van der Waals surface area contributed by atoms with Crippen LogP contribution in [0.2, 0.25) is 10.0 Å². The van der Waals surface area contributed by atoms with Gasteiger partial charge in [0.1, 0.15) is 0 Å². The molecule has 21 heavy (non-hydrogen) atoms. The summed E-state index contributed by atoms with van der Waals surface area (Å²) >= 11 is 12.3. The van der Waals surface area contributed by atoms with Gasteiger partial charge in [-0.1, -0.05) is 29.3 Å². The fourth-order valence-electron chi connectivity index (χ4n) is 5.37. The van der Waals surface area contributed by atoms with E-state index in [1.165, 1.54) is 19.3 Å². The lowest BCUT2D eigenvalue weighted by atomic mass is 9.86. The van der Waals surface area contributed by atoms with Crippen LogP contribution in [0.3, 0.4) is 0 Å². The summed E-state index contributed by atoms with van der Waals surface area (Å²) < 4.78 is 0. The van der Waals surface area contributed by atoms with E-state index in [9.17, 15) is 5.11 Å². The molecule has 0 saturated heterocycles. The van der Waals surface area contributed by atoms with Gasteiger partial charge in [-0.15, -0.1) is 0 Å². The van der Waals surface area contributed by atoms with Crippen molar-refractivity contribution < 1.29 is 5.11 Å². The fourth-order valence-corrected chi connectivity index (χ4v) is 5.92. The van der Waals surface area contributed by atoms with Crippen LogP contribution in [0.1, 0.15) is 30.7 Å². The van der Waals surface area contributed by atoms with Crippen molar-refractivity contribution in [2.45, 2.75) is 31.3 Å². The number of fused-ring (bicyclic) bond motifs is 5. The third-order valence-corrected chi connectivity index (χ3v) is 6.78. The van der Waals surface area contributed by atoms with Crippen molar-refractivity contribution in [1.82, 2.24) is 0 Å². The third kappa shape index (κ3) is 2.15. The Morgan fingerprint density at radius 3 is 2.43 bits per heavy atom. The molecule has 3 N–H and O–H groups in total. The topological polar surface area (TPSA) is 46.2 Å². The van der Waals surface area contributed by atoms with Crippen molar-refractivity contribution in [2.24, 2.45) is 35.3 Å². The first-order valence-electron chi connectivity index (χ1n) is 7.95. The van der Waals surface area contributed by atoms with Gasteiger partial charge in [-0.2, -0.15) is 0 Å². The Labute approximate surface area is 135 Å². The van der Waals surface area contributed by atoms with Gasteiger partial charge in [0, 0.05) is 22.5 Å². The molecule has 0 aliphatic heterocycles. The molecule has 0 heterocycles. The minimum absolute atomic E-state index is 0.0789. The van der Waals surface area contributed by atoms with Crippen molar-refractivity contribution in [2.75, 3.05) is 6.54 Å². The Balaban J connectivity index is 1.56. The molecule has 0 aromatic heterocycles. The maximum atomic E-state index is 10.9. The number of aliphatic hydroxyl groups is 1. The average molecular weight is 326 g/mol. The number of hydrogen-bond acceptors (Lipinski definition) is 2. The number of halogens is 2. The Morgan fingerprint density at radius 2 is 1.86 bits per heavy atom. The van der Waals surface area contributed by atoms with Gasteiger partial charge in [-0.3, -0.25) is 0 Å². The Hall–Kier alpha value is -0.280. The molecule has 6 unspecified atom stereocenters. The number of aliphatic hydroxyl groups excluding tert-OH is 1. The Bertz CT molecular complexity index is 548. The molecule has 4 rings (SSSR count). The third-order valence-electron chi connectivity index (χ3n) is 6.22. The summed E-state index contributed by atoms with van der Waals surface area (Å²) in [4.78, 5) is 0. The number of benzene rings is 1. The van der Waals surface area contributed by atoms with E-state index < -0.39 is 0 Å². The molecule has 0 spiro atoms. The van der Waals surface area contributed by atoms with Crippen LogP contribution >= 0.6 is 23.2 Å². The summed E-state index contributed by atoms with van der Waals surface area (Å²) in [6.07, 6.45) is 3.76. The van der Waals surface area contributed by atoms with E-state index in [1.807, 2.05) is 12.1 Å². The first-order chi connectivity index (χ1) is 10.1. The SMILES string of the molecule is NCC(c1ccc(Cl)cc1Cl)C(O)C1C2C3CCC(C3)C21. The molecule has 2 nitrogen and oxygen atoms in total. The second kappa shape index (κ2) is 5.13. The molecule has 1 aromatic rings. The predicted molar refractivity (Wildman–Crippen MR) is 85.6 cm³/mol. The monoisotopic (exact) mass is 325 g/mol. The first-order valence-corrected chi connectivity index (χ1v) is 8.70.